The second-order valence-electron chi connectivity index (χ2n) is 7.16. The molecule has 0 aliphatic heterocycles. The number of amides is 2. The Kier molecular flexibility index (Phi) is 8.08. The number of para-hydroxylation sites is 1. The van der Waals surface area contributed by atoms with Crippen molar-refractivity contribution in [1.82, 2.24) is 14.8 Å². The van der Waals surface area contributed by atoms with Gasteiger partial charge in [-0.2, -0.15) is 0 Å². The molecular weight excluding hydrogens is 446 g/mol. The van der Waals surface area contributed by atoms with Crippen molar-refractivity contribution in [2.75, 3.05) is 16.4 Å². The molecule has 2 N–H and O–H groups in total. The summed E-state index contributed by atoms with van der Waals surface area (Å²) in [6.45, 7) is 8.14. The van der Waals surface area contributed by atoms with Gasteiger partial charge in [0.25, 0.3) is 0 Å². The van der Waals surface area contributed by atoms with Crippen LogP contribution in [-0.2, 0) is 22.6 Å². The third-order valence-electron chi connectivity index (χ3n) is 4.56. The molecule has 0 saturated heterocycles. The number of hydrogen-bond acceptors (Lipinski definition) is 5. The molecule has 2 amide bonds. The first-order chi connectivity index (χ1) is 15.4. The highest BCUT2D eigenvalue weighted by atomic mass is 35.5. The fraction of sp³-hybridized carbons (Fsp3) is 0.217. The molecule has 7 nitrogen and oxygen atoms in total. The van der Waals surface area contributed by atoms with Crippen LogP contribution in [0.1, 0.15) is 17.0 Å². The zero-order chi connectivity index (χ0) is 23.1. The Morgan fingerprint density at radius 1 is 1.09 bits per heavy atom. The summed E-state index contributed by atoms with van der Waals surface area (Å²) in [7, 11) is 0. The number of aromatic nitrogens is 3. The van der Waals surface area contributed by atoms with Crippen LogP contribution in [0, 0.1) is 13.8 Å². The number of nitrogens with zero attached hydrogens (tertiary/aromatic N) is 3. The average Bonchev–Trinajstić information content (AvgIpc) is 3.12. The first-order valence-electron chi connectivity index (χ1n) is 9.94. The van der Waals surface area contributed by atoms with Gasteiger partial charge in [-0.1, -0.05) is 59.3 Å². The summed E-state index contributed by atoms with van der Waals surface area (Å²) in [5, 5.41) is 15.0. The zero-order valence-electron chi connectivity index (χ0n) is 17.9. The van der Waals surface area contributed by atoms with E-state index in [2.05, 4.69) is 27.4 Å². The number of hydrogen-bond donors (Lipinski definition) is 2. The molecule has 1 heterocycles. The molecule has 0 saturated carbocycles. The number of rotatable bonds is 9. The van der Waals surface area contributed by atoms with Gasteiger partial charge in [0.15, 0.2) is 5.16 Å². The molecular formula is C23H24ClN5O2S. The first kappa shape index (κ1) is 23.6. The van der Waals surface area contributed by atoms with E-state index in [0.717, 1.165) is 16.8 Å². The summed E-state index contributed by atoms with van der Waals surface area (Å²) in [6, 6.07) is 12.9. The Balaban J connectivity index is 1.64. The minimum atomic E-state index is -0.217. The number of nitrogens with one attached hydrogen (secondary N) is 2. The topological polar surface area (TPSA) is 88.9 Å². The van der Waals surface area contributed by atoms with Crippen molar-refractivity contribution in [3.8, 4) is 0 Å². The zero-order valence-corrected chi connectivity index (χ0v) is 19.5. The van der Waals surface area contributed by atoms with Crippen LogP contribution < -0.4 is 10.6 Å². The van der Waals surface area contributed by atoms with Gasteiger partial charge in [-0.05, 0) is 37.6 Å². The Labute approximate surface area is 196 Å². The Hall–Kier alpha value is -3.10. The van der Waals surface area contributed by atoms with E-state index in [1.165, 1.54) is 11.8 Å². The quantitative estimate of drug-likeness (QED) is 0.352. The lowest BCUT2D eigenvalue weighted by molar-refractivity contribution is -0.116. The van der Waals surface area contributed by atoms with E-state index in [9.17, 15) is 9.59 Å². The van der Waals surface area contributed by atoms with Crippen LogP contribution in [-0.4, -0.2) is 32.3 Å². The monoisotopic (exact) mass is 469 g/mol. The van der Waals surface area contributed by atoms with Gasteiger partial charge >= 0.3 is 0 Å². The van der Waals surface area contributed by atoms with E-state index in [1.54, 1.807) is 34.9 Å². The minimum Gasteiger partial charge on any atom is -0.325 e. The number of carbonyl (C=O) groups excluding carboxylic acids is 2. The average molecular weight is 470 g/mol. The third-order valence-corrected chi connectivity index (χ3v) is 5.86. The lowest BCUT2D eigenvalue weighted by atomic mass is 10.1. The molecule has 2 aromatic carbocycles. The highest BCUT2D eigenvalue weighted by molar-refractivity contribution is 7.99. The van der Waals surface area contributed by atoms with Gasteiger partial charge in [-0.15, -0.1) is 16.8 Å². The van der Waals surface area contributed by atoms with E-state index in [1.807, 2.05) is 32.0 Å². The summed E-state index contributed by atoms with van der Waals surface area (Å²) in [4.78, 5) is 24.9. The molecule has 0 fully saturated rings. The number of anilines is 2. The maximum absolute atomic E-state index is 12.6. The third kappa shape index (κ3) is 6.21. The van der Waals surface area contributed by atoms with Crippen molar-refractivity contribution in [3.63, 3.8) is 0 Å². The Morgan fingerprint density at radius 3 is 2.56 bits per heavy atom. The van der Waals surface area contributed by atoms with Crippen LogP contribution in [0.25, 0.3) is 0 Å². The summed E-state index contributed by atoms with van der Waals surface area (Å²) < 4.78 is 1.78. The minimum absolute atomic E-state index is 0.0561. The maximum Gasteiger partial charge on any atom is 0.234 e. The number of halogens is 1. The van der Waals surface area contributed by atoms with Crippen LogP contribution in [0.4, 0.5) is 11.4 Å². The predicted molar refractivity (Wildman–Crippen MR) is 129 cm³/mol. The largest absolute Gasteiger partial charge is 0.325 e. The first-order valence-corrected chi connectivity index (χ1v) is 11.3. The van der Waals surface area contributed by atoms with Gasteiger partial charge in [-0.25, -0.2) is 0 Å². The fourth-order valence-electron chi connectivity index (χ4n) is 3.04. The lowest BCUT2D eigenvalue weighted by Gasteiger charge is -2.10. The molecule has 0 aliphatic rings. The van der Waals surface area contributed by atoms with E-state index < -0.39 is 0 Å². The summed E-state index contributed by atoms with van der Waals surface area (Å²) in [6.07, 6.45) is 1.75. The van der Waals surface area contributed by atoms with Gasteiger partial charge in [-0.3, -0.25) is 9.59 Å². The van der Waals surface area contributed by atoms with Crippen LogP contribution in [0.15, 0.2) is 60.3 Å². The lowest BCUT2D eigenvalue weighted by Crippen LogP contribution is -2.18. The van der Waals surface area contributed by atoms with Crippen molar-refractivity contribution >= 4 is 46.6 Å². The Morgan fingerprint density at radius 2 is 1.84 bits per heavy atom. The maximum atomic E-state index is 12.6. The smallest absolute Gasteiger partial charge is 0.234 e. The van der Waals surface area contributed by atoms with Crippen molar-refractivity contribution in [1.29, 1.82) is 0 Å². The van der Waals surface area contributed by atoms with Crippen molar-refractivity contribution < 1.29 is 9.59 Å². The second kappa shape index (κ2) is 11.0. The Bertz CT molecular complexity index is 1150. The van der Waals surface area contributed by atoms with Crippen LogP contribution in [0.2, 0.25) is 5.02 Å². The molecule has 0 atom stereocenters. The van der Waals surface area contributed by atoms with Gasteiger partial charge in [0.1, 0.15) is 5.82 Å². The predicted octanol–water partition coefficient (Wildman–Crippen LogP) is 4.65. The number of thioether (sulfide) groups is 1. The highest BCUT2D eigenvalue weighted by Crippen LogP contribution is 2.22. The van der Waals surface area contributed by atoms with Crippen LogP contribution >= 0.6 is 23.4 Å². The number of aryl methyl sites for hydroxylation is 2. The molecule has 32 heavy (non-hydrogen) atoms. The van der Waals surface area contributed by atoms with Crippen molar-refractivity contribution in [3.05, 3.63) is 77.1 Å². The SMILES string of the molecule is C=CCn1c(CC(=O)Nc2ccc(C)cc2C)nnc1SCC(=O)Nc1ccccc1Cl. The number of benzene rings is 2. The standard InChI is InChI=1S/C23H24ClN5O2S/c1-4-11-29-20(13-21(30)25-18-10-9-15(2)12-16(18)3)27-28-23(29)32-14-22(31)26-19-8-6-5-7-17(19)24/h4-10,12H,1,11,13-14H2,2-3H3,(H,25,30)(H,26,31). The van der Waals surface area contributed by atoms with Gasteiger partial charge in [0, 0.05) is 12.2 Å². The highest BCUT2D eigenvalue weighted by Gasteiger charge is 2.17. The van der Waals surface area contributed by atoms with Crippen LogP contribution in [0.3, 0.4) is 0 Å². The van der Waals surface area contributed by atoms with Crippen molar-refractivity contribution in [2.24, 2.45) is 0 Å². The molecule has 1 aromatic heterocycles. The molecule has 0 radical (unpaired) electrons. The summed E-state index contributed by atoms with van der Waals surface area (Å²) in [5.41, 5.74) is 3.44. The van der Waals surface area contributed by atoms with Gasteiger partial charge < -0.3 is 15.2 Å². The van der Waals surface area contributed by atoms with E-state index >= 15 is 0 Å². The van der Waals surface area contributed by atoms with Crippen molar-refractivity contribution in [2.45, 2.75) is 32.0 Å². The number of carbonyl (C=O) groups is 2. The van der Waals surface area contributed by atoms with Gasteiger partial charge in [0.2, 0.25) is 11.8 Å². The van der Waals surface area contributed by atoms with E-state index in [0.29, 0.717) is 28.2 Å². The normalized spacial score (nSPS) is 10.6. The molecule has 3 rings (SSSR count). The van der Waals surface area contributed by atoms with Gasteiger partial charge in [0.05, 0.1) is 22.9 Å². The molecule has 0 aliphatic carbocycles. The van der Waals surface area contributed by atoms with Crippen LogP contribution in [0.5, 0.6) is 0 Å². The molecule has 9 heteroatoms. The molecule has 0 bridgehead atoms. The van der Waals surface area contributed by atoms with E-state index in [-0.39, 0.29) is 24.0 Å². The van der Waals surface area contributed by atoms with E-state index in [4.69, 9.17) is 11.6 Å². The molecule has 0 spiro atoms. The molecule has 0 unspecified atom stereocenters. The molecule has 166 valence electrons. The summed E-state index contributed by atoms with van der Waals surface area (Å²) >= 11 is 7.31. The number of allylic oxidation sites excluding steroid dienone is 1. The summed E-state index contributed by atoms with van der Waals surface area (Å²) in [5.74, 6) is 0.212. The second-order valence-corrected chi connectivity index (χ2v) is 8.51. The molecule has 3 aromatic rings. The fourth-order valence-corrected chi connectivity index (χ4v) is 3.99.